The molecular formula is C15H20N2O4. The standard InChI is InChI=1S/C15H20N2O4/c1-10(18)16-5-6-17-15(19)12-7-11-3-4-13(20-2)8-14(11)21-9-12/h3-4,8,12H,5-7,9H2,1-2H3,(H,16,18)(H,17,19)/t12-/m1/s1. The first-order valence-corrected chi connectivity index (χ1v) is 6.92. The highest BCUT2D eigenvalue weighted by Crippen LogP contribution is 2.30. The molecule has 2 N–H and O–H groups in total. The number of carbonyl (C=O) groups is 2. The van der Waals surface area contributed by atoms with E-state index in [0.717, 1.165) is 17.1 Å². The van der Waals surface area contributed by atoms with Crippen LogP contribution in [0.3, 0.4) is 0 Å². The van der Waals surface area contributed by atoms with Gasteiger partial charge in [-0.05, 0) is 18.1 Å². The van der Waals surface area contributed by atoms with Crippen LogP contribution in [0.2, 0.25) is 0 Å². The number of rotatable bonds is 5. The second kappa shape index (κ2) is 6.97. The van der Waals surface area contributed by atoms with E-state index < -0.39 is 0 Å². The van der Waals surface area contributed by atoms with E-state index in [-0.39, 0.29) is 17.7 Å². The minimum atomic E-state index is -0.205. The van der Waals surface area contributed by atoms with Gasteiger partial charge >= 0.3 is 0 Å². The van der Waals surface area contributed by atoms with E-state index in [1.807, 2.05) is 18.2 Å². The predicted octanol–water partition coefficient (Wildman–Crippen LogP) is 0.499. The van der Waals surface area contributed by atoms with Gasteiger partial charge in [-0.1, -0.05) is 6.07 Å². The lowest BCUT2D eigenvalue weighted by Gasteiger charge is -2.25. The van der Waals surface area contributed by atoms with Crippen molar-refractivity contribution in [2.75, 3.05) is 26.8 Å². The molecule has 2 amide bonds. The molecule has 0 unspecified atom stereocenters. The maximum atomic E-state index is 12.0. The molecule has 0 bridgehead atoms. The Balaban J connectivity index is 1.86. The second-order valence-corrected chi connectivity index (χ2v) is 4.96. The van der Waals surface area contributed by atoms with Gasteiger partial charge in [-0.2, -0.15) is 0 Å². The molecule has 1 aliphatic heterocycles. The predicted molar refractivity (Wildman–Crippen MR) is 77.4 cm³/mol. The molecule has 21 heavy (non-hydrogen) atoms. The summed E-state index contributed by atoms with van der Waals surface area (Å²) >= 11 is 0. The molecule has 0 radical (unpaired) electrons. The van der Waals surface area contributed by atoms with Crippen LogP contribution in [0.25, 0.3) is 0 Å². The van der Waals surface area contributed by atoms with Crippen LogP contribution in [-0.2, 0) is 16.0 Å². The van der Waals surface area contributed by atoms with Crippen LogP contribution in [-0.4, -0.2) is 38.6 Å². The quantitative estimate of drug-likeness (QED) is 0.775. The summed E-state index contributed by atoms with van der Waals surface area (Å²) in [5.41, 5.74) is 1.00. The van der Waals surface area contributed by atoms with Gasteiger partial charge in [-0.15, -0.1) is 0 Å². The van der Waals surface area contributed by atoms with Gasteiger partial charge in [0.25, 0.3) is 0 Å². The highest BCUT2D eigenvalue weighted by Gasteiger charge is 2.25. The Labute approximate surface area is 123 Å². The number of methoxy groups -OCH3 is 1. The highest BCUT2D eigenvalue weighted by molar-refractivity contribution is 5.79. The van der Waals surface area contributed by atoms with Crippen LogP contribution in [0.5, 0.6) is 11.5 Å². The van der Waals surface area contributed by atoms with Gasteiger partial charge in [0.05, 0.1) is 13.0 Å². The molecule has 0 spiro atoms. The van der Waals surface area contributed by atoms with E-state index in [2.05, 4.69) is 10.6 Å². The molecule has 114 valence electrons. The van der Waals surface area contributed by atoms with Crippen LogP contribution >= 0.6 is 0 Å². The normalized spacial score (nSPS) is 16.4. The number of hydrogen-bond acceptors (Lipinski definition) is 4. The zero-order valence-corrected chi connectivity index (χ0v) is 12.3. The van der Waals surface area contributed by atoms with Gasteiger partial charge < -0.3 is 20.1 Å². The summed E-state index contributed by atoms with van der Waals surface area (Å²) in [6.07, 6.45) is 0.644. The molecule has 2 rings (SSSR count). The van der Waals surface area contributed by atoms with Crippen LogP contribution in [0.4, 0.5) is 0 Å². The van der Waals surface area contributed by atoms with Crippen molar-refractivity contribution in [1.29, 1.82) is 0 Å². The van der Waals surface area contributed by atoms with Crippen molar-refractivity contribution in [1.82, 2.24) is 10.6 Å². The van der Waals surface area contributed by atoms with Crippen LogP contribution in [0.1, 0.15) is 12.5 Å². The van der Waals surface area contributed by atoms with Crippen molar-refractivity contribution in [3.05, 3.63) is 23.8 Å². The smallest absolute Gasteiger partial charge is 0.226 e. The Hall–Kier alpha value is -2.24. The number of amides is 2. The highest BCUT2D eigenvalue weighted by atomic mass is 16.5. The number of hydrogen-bond donors (Lipinski definition) is 2. The van der Waals surface area contributed by atoms with E-state index in [4.69, 9.17) is 9.47 Å². The minimum Gasteiger partial charge on any atom is -0.497 e. The molecule has 1 heterocycles. The van der Waals surface area contributed by atoms with Crippen LogP contribution < -0.4 is 20.1 Å². The van der Waals surface area contributed by atoms with E-state index in [1.165, 1.54) is 6.92 Å². The number of fused-ring (bicyclic) bond motifs is 1. The molecule has 0 saturated carbocycles. The maximum Gasteiger partial charge on any atom is 0.226 e. The molecule has 1 atom stereocenters. The van der Waals surface area contributed by atoms with Crippen molar-refractivity contribution in [3.63, 3.8) is 0 Å². The zero-order chi connectivity index (χ0) is 15.2. The van der Waals surface area contributed by atoms with E-state index in [0.29, 0.717) is 26.1 Å². The lowest BCUT2D eigenvalue weighted by molar-refractivity contribution is -0.126. The molecule has 0 aromatic heterocycles. The number of nitrogens with one attached hydrogen (secondary N) is 2. The monoisotopic (exact) mass is 292 g/mol. The maximum absolute atomic E-state index is 12.0. The molecule has 0 saturated heterocycles. The summed E-state index contributed by atoms with van der Waals surface area (Å²) in [5, 5.41) is 5.44. The van der Waals surface area contributed by atoms with Gasteiger partial charge in [0.2, 0.25) is 11.8 Å². The Kier molecular flexibility index (Phi) is 5.03. The zero-order valence-electron chi connectivity index (χ0n) is 12.3. The Bertz CT molecular complexity index is 530. The van der Waals surface area contributed by atoms with Crippen molar-refractivity contribution in [2.24, 2.45) is 5.92 Å². The van der Waals surface area contributed by atoms with Crippen LogP contribution in [0, 0.1) is 5.92 Å². The Morgan fingerprint density at radius 1 is 1.33 bits per heavy atom. The fourth-order valence-electron chi connectivity index (χ4n) is 2.22. The third kappa shape index (κ3) is 4.11. The molecular weight excluding hydrogens is 272 g/mol. The largest absolute Gasteiger partial charge is 0.497 e. The minimum absolute atomic E-state index is 0.0539. The molecule has 1 aromatic carbocycles. The summed E-state index contributed by atoms with van der Waals surface area (Å²) in [6, 6.07) is 5.62. The first kappa shape index (κ1) is 15.2. The average Bonchev–Trinajstić information content (AvgIpc) is 2.50. The first-order chi connectivity index (χ1) is 10.1. The fourth-order valence-corrected chi connectivity index (χ4v) is 2.22. The molecule has 1 aromatic rings. The third-order valence-corrected chi connectivity index (χ3v) is 3.35. The van der Waals surface area contributed by atoms with Gasteiger partial charge in [0.15, 0.2) is 0 Å². The number of ether oxygens (including phenoxy) is 2. The second-order valence-electron chi connectivity index (χ2n) is 4.96. The average molecular weight is 292 g/mol. The number of benzene rings is 1. The lowest BCUT2D eigenvalue weighted by Crippen LogP contribution is -2.40. The van der Waals surface area contributed by atoms with Crippen molar-refractivity contribution in [3.8, 4) is 11.5 Å². The molecule has 6 heteroatoms. The molecule has 0 aliphatic carbocycles. The van der Waals surface area contributed by atoms with Gasteiger partial charge in [0.1, 0.15) is 18.1 Å². The van der Waals surface area contributed by atoms with Crippen molar-refractivity contribution in [2.45, 2.75) is 13.3 Å². The van der Waals surface area contributed by atoms with E-state index >= 15 is 0 Å². The topological polar surface area (TPSA) is 76.7 Å². The SMILES string of the molecule is COc1ccc2c(c1)OC[C@H](C(=O)NCCNC(C)=O)C2. The molecule has 0 fully saturated rings. The third-order valence-electron chi connectivity index (χ3n) is 3.35. The summed E-state index contributed by atoms with van der Waals surface area (Å²) in [4.78, 5) is 22.8. The van der Waals surface area contributed by atoms with E-state index in [1.54, 1.807) is 7.11 Å². The molecule has 1 aliphatic rings. The molecule has 6 nitrogen and oxygen atoms in total. The van der Waals surface area contributed by atoms with Gasteiger partial charge in [-0.3, -0.25) is 9.59 Å². The fraction of sp³-hybridized carbons (Fsp3) is 0.467. The first-order valence-electron chi connectivity index (χ1n) is 6.92. The Morgan fingerprint density at radius 3 is 2.81 bits per heavy atom. The summed E-state index contributed by atoms with van der Waals surface area (Å²) in [5.74, 6) is 1.15. The summed E-state index contributed by atoms with van der Waals surface area (Å²) in [6.45, 7) is 2.65. The van der Waals surface area contributed by atoms with Crippen molar-refractivity contribution >= 4 is 11.8 Å². The van der Waals surface area contributed by atoms with Crippen molar-refractivity contribution < 1.29 is 19.1 Å². The summed E-state index contributed by atoms with van der Waals surface area (Å²) < 4.78 is 10.8. The van der Waals surface area contributed by atoms with Crippen LogP contribution in [0.15, 0.2) is 18.2 Å². The number of carbonyl (C=O) groups excluding carboxylic acids is 2. The summed E-state index contributed by atoms with van der Waals surface area (Å²) in [7, 11) is 1.61. The Morgan fingerprint density at radius 2 is 2.10 bits per heavy atom. The van der Waals surface area contributed by atoms with E-state index in [9.17, 15) is 9.59 Å². The van der Waals surface area contributed by atoms with Gasteiger partial charge in [-0.25, -0.2) is 0 Å². The lowest BCUT2D eigenvalue weighted by atomic mass is 9.96. The van der Waals surface area contributed by atoms with Gasteiger partial charge in [0, 0.05) is 26.1 Å².